The predicted molar refractivity (Wildman–Crippen MR) is 107 cm³/mol. The molecule has 0 aliphatic carbocycles. The summed E-state index contributed by atoms with van der Waals surface area (Å²) < 4.78 is 2.07. The maximum absolute atomic E-state index is 4.63. The second-order valence-corrected chi connectivity index (χ2v) is 6.79. The first-order valence-corrected chi connectivity index (χ1v) is 8.89. The Hall–Kier alpha value is -3.86. The summed E-state index contributed by atoms with van der Waals surface area (Å²) in [5.74, 6) is 0.989. The van der Waals surface area contributed by atoms with Gasteiger partial charge in [-0.25, -0.2) is 14.5 Å². The average Bonchev–Trinajstić information content (AvgIpc) is 3.42. The number of hydrogen-bond donors (Lipinski definition) is 3. The number of nitrogens with zero attached hydrogens (tertiary/aromatic N) is 2. The van der Waals surface area contributed by atoms with Crippen LogP contribution in [0.15, 0.2) is 79.4 Å². The molecule has 5 heteroatoms. The molecule has 0 radical (unpaired) electrons. The van der Waals surface area contributed by atoms with Crippen molar-refractivity contribution in [1.82, 2.24) is 19.9 Å². The summed E-state index contributed by atoms with van der Waals surface area (Å²) >= 11 is 0. The van der Waals surface area contributed by atoms with E-state index in [2.05, 4.69) is 85.4 Å². The van der Waals surface area contributed by atoms with Gasteiger partial charge in [0.2, 0.25) is 5.65 Å². The molecule has 0 unspecified atom stereocenters. The van der Waals surface area contributed by atoms with Crippen LogP contribution in [0.1, 0.15) is 0 Å². The Morgan fingerprint density at radius 2 is 1.78 bits per heavy atom. The van der Waals surface area contributed by atoms with Gasteiger partial charge in [0.1, 0.15) is 6.20 Å². The third-order valence-electron chi connectivity index (χ3n) is 5.07. The van der Waals surface area contributed by atoms with Crippen LogP contribution in [-0.4, -0.2) is 19.9 Å². The molecule has 5 heterocycles. The number of fused-ring (bicyclic) bond motifs is 3. The Kier molecular flexibility index (Phi) is 2.82. The molecule has 0 aliphatic rings. The molecule has 0 saturated heterocycles. The van der Waals surface area contributed by atoms with Crippen LogP contribution >= 0.6 is 0 Å². The van der Waals surface area contributed by atoms with Gasteiger partial charge >= 0.3 is 0 Å². The van der Waals surface area contributed by atoms with Crippen molar-refractivity contribution in [3.63, 3.8) is 0 Å². The van der Waals surface area contributed by atoms with E-state index in [4.69, 9.17) is 0 Å². The summed E-state index contributed by atoms with van der Waals surface area (Å²) in [5.41, 5.74) is 5.27. The lowest BCUT2D eigenvalue weighted by atomic mass is 10.1. The highest BCUT2D eigenvalue weighted by Crippen LogP contribution is 2.26. The number of pyridine rings is 2. The summed E-state index contributed by atoms with van der Waals surface area (Å²) in [4.78, 5) is 14.8. The lowest BCUT2D eigenvalue weighted by molar-refractivity contribution is -0.597. The topological polar surface area (TPSA) is 64.1 Å². The molecule has 27 heavy (non-hydrogen) atoms. The fourth-order valence-electron chi connectivity index (χ4n) is 3.66. The maximum Gasteiger partial charge on any atom is 0.286 e. The van der Waals surface area contributed by atoms with E-state index >= 15 is 0 Å². The number of aromatic amines is 3. The van der Waals surface area contributed by atoms with Crippen molar-refractivity contribution in [2.24, 2.45) is 0 Å². The SMILES string of the molecule is c1ccc2[nH]c(-c3cnc4[nH]c(-[n+]5ccc6cc[nH]c6c5)cc4c3)cc2c1. The summed E-state index contributed by atoms with van der Waals surface area (Å²) in [5, 5.41) is 3.49. The second kappa shape index (κ2) is 5.32. The zero-order chi connectivity index (χ0) is 17.8. The van der Waals surface area contributed by atoms with Crippen molar-refractivity contribution in [1.29, 1.82) is 0 Å². The van der Waals surface area contributed by atoms with Crippen LogP contribution < -0.4 is 4.57 Å². The van der Waals surface area contributed by atoms with Gasteiger partial charge in [0.15, 0.2) is 0 Å². The van der Waals surface area contributed by atoms with Crippen molar-refractivity contribution < 1.29 is 4.57 Å². The zero-order valence-electron chi connectivity index (χ0n) is 14.4. The molecule has 6 rings (SSSR count). The number of para-hydroxylation sites is 1. The van der Waals surface area contributed by atoms with E-state index in [1.165, 1.54) is 10.8 Å². The van der Waals surface area contributed by atoms with Crippen molar-refractivity contribution in [2.45, 2.75) is 0 Å². The highest BCUT2D eigenvalue weighted by Gasteiger charge is 2.13. The zero-order valence-corrected chi connectivity index (χ0v) is 14.4. The molecular weight excluding hydrogens is 334 g/mol. The van der Waals surface area contributed by atoms with Gasteiger partial charge in [-0.2, -0.15) is 0 Å². The lowest BCUT2D eigenvalue weighted by Gasteiger charge is -1.96. The van der Waals surface area contributed by atoms with Gasteiger partial charge in [0.25, 0.3) is 5.82 Å². The van der Waals surface area contributed by atoms with E-state index in [-0.39, 0.29) is 0 Å². The smallest absolute Gasteiger partial charge is 0.286 e. The molecular formula is C22H16N5+. The summed E-state index contributed by atoms with van der Waals surface area (Å²) in [6.07, 6.45) is 8.00. The molecule has 5 nitrogen and oxygen atoms in total. The average molecular weight is 350 g/mol. The molecule has 0 bridgehead atoms. The summed E-state index contributed by atoms with van der Waals surface area (Å²) in [6.45, 7) is 0. The van der Waals surface area contributed by atoms with Crippen molar-refractivity contribution in [2.75, 3.05) is 0 Å². The van der Waals surface area contributed by atoms with Gasteiger partial charge in [0, 0.05) is 46.0 Å². The van der Waals surface area contributed by atoms with Crippen molar-refractivity contribution in [3.05, 3.63) is 79.4 Å². The molecule has 128 valence electrons. The number of nitrogens with one attached hydrogen (secondary N) is 3. The normalized spacial score (nSPS) is 11.7. The number of benzene rings is 1. The van der Waals surface area contributed by atoms with Crippen LogP contribution in [0.3, 0.4) is 0 Å². The molecule has 0 atom stereocenters. The monoisotopic (exact) mass is 350 g/mol. The predicted octanol–water partition coefficient (Wildman–Crippen LogP) is 4.47. The van der Waals surface area contributed by atoms with Gasteiger partial charge in [-0.15, -0.1) is 0 Å². The molecule has 5 aromatic heterocycles. The van der Waals surface area contributed by atoms with Crippen LogP contribution in [0.5, 0.6) is 0 Å². The van der Waals surface area contributed by atoms with Crippen LogP contribution in [0.4, 0.5) is 0 Å². The largest absolute Gasteiger partial charge is 0.358 e. The molecule has 6 aromatic rings. The highest BCUT2D eigenvalue weighted by atomic mass is 15.1. The van der Waals surface area contributed by atoms with E-state index in [0.717, 1.165) is 39.1 Å². The van der Waals surface area contributed by atoms with Gasteiger partial charge in [-0.1, -0.05) is 18.2 Å². The number of rotatable bonds is 2. The van der Waals surface area contributed by atoms with Crippen LogP contribution in [-0.2, 0) is 0 Å². The fraction of sp³-hybridized carbons (Fsp3) is 0. The number of aromatic nitrogens is 5. The van der Waals surface area contributed by atoms with Crippen molar-refractivity contribution >= 4 is 32.8 Å². The summed E-state index contributed by atoms with van der Waals surface area (Å²) in [6, 6.07) is 18.9. The molecule has 0 spiro atoms. The maximum atomic E-state index is 4.63. The molecule has 0 aliphatic heterocycles. The lowest BCUT2D eigenvalue weighted by Crippen LogP contribution is -2.29. The van der Waals surface area contributed by atoms with Crippen molar-refractivity contribution in [3.8, 4) is 17.1 Å². The van der Waals surface area contributed by atoms with Gasteiger partial charge in [0.05, 0.1) is 17.1 Å². The minimum Gasteiger partial charge on any atom is -0.358 e. The Morgan fingerprint density at radius 1 is 0.815 bits per heavy atom. The molecule has 0 amide bonds. The molecule has 0 fully saturated rings. The van der Waals surface area contributed by atoms with E-state index in [1.54, 1.807) is 0 Å². The van der Waals surface area contributed by atoms with E-state index in [9.17, 15) is 0 Å². The summed E-state index contributed by atoms with van der Waals surface area (Å²) in [7, 11) is 0. The Bertz CT molecular complexity index is 1400. The third-order valence-corrected chi connectivity index (χ3v) is 5.07. The Balaban J connectivity index is 1.46. The van der Waals surface area contributed by atoms with E-state index in [1.807, 2.05) is 18.5 Å². The molecule has 0 saturated carbocycles. The first kappa shape index (κ1) is 14.3. The van der Waals surface area contributed by atoms with Gasteiger partial charge < -0.3 is 9.97 Å². The minimum atomic E-state index is 0.879. The fourth-order valence-corrected chi connectivity index (χ4v) is 3.66. The minimum absolute atomic E-state index is 0.879. The first-order chi connectivity index (χ1) is 13.3. The Morgan fingerprint density at radius 3 is 2.74 bits per heavy atom. The molecule has 3 N–H and O–H groups in total. The second-order valence-electron chi connectivity index (χ2n) is 6.79. The number of hydrogen-bond acceptors (Lipinski definition) is 1. The quantitative estimate of drug-likeness (QED) is 0.396. The van der Waals surface area contributed by atoms with Crippen LogP contribution in [0.25, 0.3) is 49.9 Å². The number of H-pyrrole nitrogens is 3. The standard InChI is InChI=1S/C22H15N5/c1-2-4-18-15(3-1)10-19(25-18)17-9-16-11-21(26-22(16)24-12-17)27-8-6-14-5-7-23-20(14)13-27/h1-13,25H,(H,24,26)/p+1. The first-order valence-electron chi connectivity index (χ1n) is 8.89. The van der Waals surface area contributed by atoms with Crippen LogP contribution in [0, 0.1) is 0 Å². The van der Waals surface area contributed by atoms with Crippen LogP contribution in [0.2, 0.25) is 0 Å². The Labute approximate surface area is 154 Å². The van der Waals surface area contributed by atoms with Gasteiger partial charge in [-0.3, -0.25) is 0 Å². The van der Waals surface area contributed by atoms with Gasteiger partial charge in [-0.05, 0) is 30.3 Å². The van der Waals surface area contributed by atoms with E-state index in [0.29, 0.717) is 0 Å². The molecule has 1 aromatic carbocycles. The van der Waals surface area contributed by atoms with E-state index < -0.39 is 0 Å². The highest BCUT2D eigenvalue weighted by molar-refractivity contribution is 5.88. The third kappa shape index (κ3) is 2.25.